The van der Waals surface area contributed by atoms with E-state index in [0.29, 0.717) is 5.92 Å². The average Bonchev–Trinajstić information content (AvgIpc) is 3.59. The molecule has 3 nitrogen and oxygen atoms in total. The summed E-state index contributed by atoms with van der Waals surface area (Å²) in [5.74, 6) is 0.684. The van der Waals surface area contributed by atoms with Crippen LogP contribution in [0.4, 0.5) is 5.69 Å². The number of anilines is 1. The number of benzene rings is 3. The Kier molecular flexibility index (Phi) is 5.88. The maximum Gasteiger partial charge on any atom is 0.114 e. The van der Waals surface area contributed by atoms with E-state index in [-0.39, 0.29) is 0 Å². The van der Waals surface area contributed by atoms with Crippen molar-refractivity contribution in [1.29, 1.82) is 0 Å². The first-order chi connectivity index (χ1) is 17.1. The van der Waals surface area contributed by atoms with Crippen LogP contribution >= 0.6 is 34.4 Å². The van der Waals surface area contributed by atoms with Gasteiger partial charge in [0.25, 0.3) is 0 Å². The third-order valence-corrected chi connectivity index (χ3v) is 9.13. The molecule has 0 aliphatic heterocycles. The molecule has 0 amide bonds. The van der Waals surface area contributed by atoms with Crippen LogP contribution in [0.15, 0.2) is 72.8 Å². The molecule has 3 aromatic carbocycles. The Hall–Kier alpha value is -3.06. The van der Waals surface area contributed by atoms with Crippen LogP contribution in [0.25, 0.3) is 53.1 Å². The maximum absolute atomic E-state index is 4.71. The van der Waals surface area contributed by atoms with E-state index in [1.54, 1.807) is 0 Å². The Labute approximate surface area is 217 Å². The fraction of sp³-hybridized carbons (Fsp3) is 0.172. The molecule has 0 saturated heterocycles. The Morgan fingerprint density at radius 3 is 1.97 bits per heavy atom. The number of thiophene rings is 2. The molecular weight excluding hydrogens is 487 g/mol. The van der Waals surface area contributed by atoms with Crippen molar-refractivity contribution in [2.45, 2.75) is 20.3 Å². The van der Waals surface area contributed by atoms with Crippen LogP contribution in [0.5, 0.6) is 0 Å². The SMILES string of the molecule is CNc1ccc(-c2ccc(-c3ccc(-c4cc5sc(CC(C)C)cc5s4)c4nsnc34)cc2)cc1. The first kappa shape index (κ1) is 22.4. The minimum atomic E-state index is 0.684. The summed E-state index contributed by atoms with van der Waals surface area (Å²) in [4.78, 5) is 2.75. The van der Waals surface area contributed by atoms with E-state index >= 15 is 0 Å². The first-order valence-corrected chi connectivity index (χ1v) is 14.1. The predicted octanol–water partition coefficient (Wildman–Crippen LogP) is 9.21. The highest BCUT2D eigenvalue weighted by molar-refractivity contribution is 7.29. The van der Waals surface area contributed by atoms with Gasteiger partial charge in [-0.25, -0.2) is 0 Å². The van der Waals surface area contributed by atoms with Gasteiger partial charge in [-0.3, -0.25) is 0 Å². The summed E-state index contributed by atoms with van der Waals surface area (Å²) < 4.78 is 12.2. The van der Waals surface area contributed by atoms with Crippen molar-refractivity contribution in [2.24, 2.45) is 5.92 Å². The number of nitrogens with one attached hydrogen (secondary N) is 1. The van der Waals surface area contributed by atoms with Crippen molar-refractivity contribution >= 4 is 60.5 Å². The van der Waals surface area contributed by atoms with Crippen LogP contribution < -0.4 is 5.32 Å². The van der Waals surface area contributed by atoms with Crippen molar-refractivity contribution in [2.75, 3.05) is 12.4 Å². The molecule has 0 spiro atoms. The van der Waals surface area contributed by atoms with Gasteiger partial charge in [0.05, 0.1) is 11.7 Å². The Balaban J connectivity index is 1.33. The minimum Gasteiger partial charge on any atom is -0.388 e. The summed E-state index contributed by atoms with van der Waals surface area (Å²) in [6.07, 6.45) is 1.15. The zero-order valence-electron chi connectivity index (χ0n) is 19.8. The third-order valence-electron chi connectivity index (χ3n) is 6.25. The molecule has 0 saturated carbocycles. The van der Waals surface area contributed by atoms with E-state index in [0.717, 1.165) is 34.3 Å². The normalized spacial score (nSPS) is 11.7. The van der Waals surface area contributed by atoms with E-state index in [4.69, 9.17) is 8.75 Å². The monoisotopic (exact) mass is 511 g/mol. The summed E-state index contributed by atoms with van der Waals surface area (Å²) in [6.45, 7) is 4.56. The molecule has 0 unspecified atom stereocenters. The van der Waals surface area contributed by atoms with Gasteiger partial charge in [0.2, 0.25) is 0 Å². The minimum absolute atomic E-state index is 0.684. The fourth-order valence-corrected chi connectivity index (χ4v) is 7.73. The molecule has 6 aromatic rings. The lowest BCUT2D eigenvalue weighted by Crippen LogP contribution is -1.89. The van der Waals surface area contributed by atoms with Gasteiger partial charge in [0.15, 0.2) is 0 Å². The van der Waals surface area contributed by atoms with Gasteiger partial charge in [-0.1, -0.05) is 62.4 Å². The number of hydrogen-bond acceptors (Lipinski definition) is 6. The molecular formula is C29H25N3S3. The largest absolute Gasteiger partial charge is 0.388 e. The summed E-state index contributed by atoms with van der Waals surface area (Å²) in [5, 5.41) is 3.17. The molecule has 0 radical (unpaired) electrons. The van der Waals surface area contributed by atoms with Crippen LogP contribution in [0.2, 0.25) is 0 Å². The number of nitrogens with zero attached hydrogens (tertiary/aromatic N) is 2. The first-order valence-electron chi connectivity index (χ1n) is 11.8. The van der Waals surface area contributed by atoms with Gasteiger partial charge in [-0.15, -0.1) is 22.7 Å². The van der Waals surface area contributed by atoms with E-state index in [2.05, 4.69) is 92.0 Å². The molecule has 0 aliphatic carbocycles. The molecule has 1 N–H and O–H groups in total. The van der Waals surface area contributed by atoms with Gasteiger partial charge in [-0.05, 0) is 53.3 Å². The quantitative estimate of drug-likeness (QED) is 0.242. The molecule has 0 atom stereocenters. The zero-order chi connectivity index (χ0) is 23.9. The van der Waals surface area contributed by atoms with Crippen LogP contribution in [0, 0.1) is 5.92 Å². The maximum atomic E-state index is 4.71. The summed E-state index contributed by atoms with van der Waals surface area (Å²) in [6, 6.07) is 26.4. The number of hydrogen-bond donors (Lipinski definition) is 1. The van der Waals surface area contributed by atoms with Crippen molar-refractivity contribution in [1.82, 2.24) is 8.75 Å². The van der Waals surface area contributed by atoms with Crippen molar-refractivity contribution < 1.29 is 0 Å². The zero-order valence-corrected chi connectivity index (χ0v) is 22.3. The molecule has 0 fully saturated rings. The van der Waals surface area contributed by atoms with Gasteiger partial charge in [0, 0.05) is 43.0 Å². The summed E-state index contributed by atoms with van der Waals surface area (Å²) >= 11 is 5.08. The number of rotatable bonds is 6. The smallest absolute Gasteiger partial charge is 0.114 e. The van der Waals surface area contributed by atoms with Crippen LogP contribution in [-0.2, 0) is 6.42 Å². The van der Waals surface area contributed by atoms with Crippen LogP contribution in [0.3, 0.4) is 0 Å². The van der Waals surface area contributed by atoms with Gasteiger partial charge >= 0.3 is 0 Å². The highest BCUT2D eigenvalue weighted by Crippen LogP contribution is 2.42. The Bertz CT molecular complexity index is 1590. The average molecular weight is 512 g/mol. The summed E-state index contributed by atoms with van der Waals surface area (Å²) in [7, 11) is 1.94. The van der Waals surface area contributed by atoms with E-state index < -0.39 is 0 Å². The highest BCUT2D eigenvalue weighted by atomic mass is 32.1. The Morgan fingerprint density at radius 1 is 0.714 bits per heavy atom. The van der Waals surface area contributed by atoms with E-state index in [1.807, 2.05) is 29.7 Å². The topological polar surface area (TPSA) is 37.8 Å². The predicted molar refractivity (Wildman–Crippen MR) is 155 cm³/mol. The molecule has 3 aromatic heterocycles. The van der Waals surface area contributed by atoms with Crippen molar-refractivity contribution in [3.63, 3.8) is 0 Å². The second-order valence-electron chi connectivity index (χ2n) is 9.18. The van der Waals surface area contributed by atoms with E-state index in [1.165, 1.54) is 47.6 Å². The van der Waals surface area contributed by atoms with Crippen LogP contribution in [-0.4, -0.2) is 15.8 Å². The van der Waals surface area contributed by atoms with Crippen LogP contribution in [0.1, 0.15) is 18.7 Å². The van der Waals surface area contributed by atoms with E-state index in [9.17, 15) is 0 Å². The third kappa shape index (κ3) is 4.27. The second kappa shape index (κ2) is 9.19. The molecule has 174 valence electrons. The van der Waals surface area contributed by atoms with Gasteiger partial charge < -0.3 is 5.32 Å². The molecule has 6 heteroatoms. The number of aromatic nitrogens is 2. The molecule has 35 heavy (non-hydrogen) atoms. The fourth-order valence-electron chi connectivity index (χ4n) is 4.49. The lowest BCUT2D eigenvalue weighted by atomic mass is 9.98. The van der Waals surface area contributed by atoms with Gasteiger partial charge in [-0.2, -0.15) is 8.75 Å². The molecule has 6 rings (SSSR count). The standard InChI is InChI=1S/C29H25N3S3/c1-17(2)14-22-15-26-27(33-22)16-25(34-26)24-13-12-23(28-29(24)32-35-31-28)20-6-4-18(5-7-20)19-8-10-21(30-3)11-9-19/h4-13,15-17,30H,14H2,1-3H3. The second-order valence-corrected chi connectivity index (χ2v) is 12.0. The van der Waals surface area contributed by atoms with Crippen molar-refractivity contribution in [3.8, 4) is 32.7 Å². The highest BCUT2D eigenvalue weighted by Gasteiger charge is 2.16. The van der Waals surface area contributed by atoms with Crippen molar-refractivity contribution in [3.05, 3.63) is 77.7 Å². The lowest BCUT2D eigenvalue weighted by molar-refractivity contribution is 0.654. The lowest BCUT2D eigenvalue weighted by Gasteiger charge is -2.08. The summed E-state index contributed by atoms with van der Waals surface area (Å²) in [5.41, 5.74) is 8.98. The number of fused-ring (bicyclic) bond motifs is 2. The molecule has 0 aliphatic rings. The molecule has 0 bridgehead atoms. The molecule has 3 heterocycles. The van der Waals surface area contributed by atoms with Gasteiger partial charge in [0.1, 0.15) is 11.0 Å². The Morgan fingerprint density at radius 2 is 1.31 bits per heavy atom.